The van der Waals surface area contributed by atoms with Gasteiger partial charge in [0.05, 0.1) is 5.92 Å². The fourth-order valence-corrected chi connectivity index (χ4v) is 2.67. The number of hydrogen-bond acceptors (Lipinski definition) is 2. The highest BCUT2D eigenvalue weighted by Crippen LogP contribution is 2.36. The number of aliphatic carboxylic acids is 1. The van der Waals surface area contributed by atoms with Gasteiger partial charge in [-0.05, 0) is 29.9 Å². The number of fused-ring (bicyclic) bond motifs is 1. The molecule has 1 saturated carbocycles. The van der Waals surface area contributed by atoms with Crippen molar-refractivity contribution >= 4 is 11.9 Å². The van der Waals surface area contributed by atoms with Gasteiger partial charge in [-0.1, -0.05) is 37.1 Å². The summed E-state index contributed by atoms with van der Waals surface area (Å²) >= 11 is 0. The summed E-state index contributed by atoms with van der Waals surface area (Å²) in [4.78, 5) is 23.3. The Balaban J connectivity index is 1.63. The van der Waals surface area contributed by atoms with Crippen molar-refractivity contribution in [1.29, 1.82) is 0 Å². The summed E-state index contributed by atoms with van der Waals surface area (Å²) in [5.74, 6) is -0.757. The highest BCUT2D eigenvalue weighted by molar-refractivity contribution is 5.90. The molecule has 0 aromatic heterocycles. The van der Waals surface area contributed by atoms with E-state index in [2.05, 4.69) is 5.32 Å². The Kier molecular flexibility index (Phi) is 3.01. The normalized spacial score (nSPS) is 22.0. The van der Waals surface area contributed by atoms with Crippen LogP contribution in [0.25, 0.3) is 0 Å². The Morgan fingerprint density at radius 2 is 2.05 bits per heavy atom. The second-order valence-corrected chi connectivity index (χ2v) is 5.53. The van der Waals surface area contributed by atoms with Crippen LogP contribution in [-0.4, -0.2) is 23.0 Å². The second kappa shape index (κ2) is 4.68. The standard InChI is InChI=1S/C15H17NO3/c17-14(12-8-10-3-1-2-4-11(10)12)16-13(15(18)19)7-9-5-6-9/h1-4,9,12-13H,5-8H2,(H,16,17)(H,18,19). The lowest BCUT2D eigenvalue weighted by Crippen LogP contribution is -2.45. The summed E-state index contributed by atoms with van der Waals surface area (Å²) in [6.07, 6.45) is 3.46. The zero-order valence-electron chi connectivity index (χ0n) is 10.6. The van der Waals surface area contributed by atoms with Crippen LogP contribution < -0.4 is 5.32 Å². The van der Waals surface area contributed by atoms with Gasteiger partial charge in [-0.2, -0.15) is 0 Å². The first kappa shape index (κ1) is 12.2. The van der Waals surface area contributed by atoms with E-state index in [0.29, 0.717) is 12.3 Å². The largest absolute Gasteiger partial charge is 0.480 e. The molecule has 0 spiro atoms. The van der Waals surface area contributed by atoms with Gasteiger partial charge in [-0.25, -0.2) is 4.79 Å². The molecule has 2 aliphatic carbocycles. The lowest BCUT2D eigenvalue weighted by Gasteiger charge is -2.30. The highest BCUT2D eigenvalue weighted by Gasteiger charge is 2.35. The first-order valence-electron chi connectivity index (χ1n) is 6.76. The van der Waals surface area contributed by atoms with Crippen molar-refractivity contribution in [2.45, 2.75) is 37.6 Å². The van der Waals surface area contributed by atoms with Crippen molar-refractivity contribution < 1.29 is 14.7 Å². The molecule has 2 N–H and O–H groups in total. The minimum Gasteiger partial charge on any atom is -0.480 e. The summed E-state index contributed by atoms with van der Waals surface area (Å²) in [7, 11) is 0. The minimum atomic E-state index is -0.923. The number of rotatable bonds is 5. The molecule has 1 fully saturated rings. The zero-order valence-corrected chi connectivity index (χ0v) is 10.6. The third-order valence-electron chi connectivity index (χ3n) is 4.05. The Morgan fingerprint density at radius 1 is 1.32 bits per heavy atom. The number of amides is 1. The first-order chi connectivity index (χ1) is 9.15. The zero-order chi connectivity index (χ0) is 13.4. The van der Waals surface area contributed by atoms with E-state index in [1.807, 2.05) is 24.3 Å². The first-order valence-corrected chi connectivity index (χ1v) is 6.76. The fourth-order valence-electron chi connectivity index (χ4n) is 2.67. The quantitative estimate of drug-likeness (QED) is 0.845. The van der Waals surface area contributed by atoms with Crippen LogP contribution in [0.1, 0.15) is 36.3 Å². The van der Waals surface area contributed by atoms with Gasteiger partial charge in [0.25, 0.3) is 0 Å². The number of nitrogens with one attached hydrogen (secondary N) is 1. The number of carbonyl (C=O) groups is 2. The van der Waals surface area contributed by atoms with E-state index in [4.69, 9.17) is 5.11 Å². The van der Waals surface area contributed by atoms with E-state index in [9.17, 15) is 9.59 Å². The van der Waals surface area contributed by atoms with Crippen molar-refractivity contribution in [2.24, 2.45) is 5.92 Å². The number of carbonyl (C=O) groups excluding carboxylic acids is 1. The van der Waals surface area contributed by atoms with Crippen molar-refractivity contribution in [3.8, 4) is 0 Å². The molecule has 2 aliphatic rings. The Bertz CT molecular complexity index is 522. The molecule has 0 radical (unpaired) electrons. The molecule has 0 saturated heterocycles. The van der Waals surface area contributed by atoms with Crippen LogP contribution in [0, 0.1) is 5.92 Å². The molecule has 2 unspecified atom stereocenters. The molecule has 0 heterocycles. The molecule has 0 bridgehead atoms. The van der Waals surface area contributed by atoms with Crippen LogP contribution in [0.3, 0.4) is 0 Å². The van der Waals surface area contributed by atoms with E-state index in [1.54, 1.807) is 0 Å². The molecule has 19 heavy (non-hydrogen) atoms. The maximum atomic E-state index is 12.1. The van der Waals surface area contributed by atoms with Crippen molar-refractivity contribution in [2.75, 3.05) is 0 Å². The molecule has 2 atom stereocenters. The molecule has 1 amide bonds. The predicted octanol–water partition coefficient (Wildman–Crippen LogP) is 1.70. The molecular weight excluding hydrogens is 242 g/mol. The molecule has 4 nitrogen and oxygen atoms in total. The third-order valence-corrected chi connectivity index (χ3v) is 4.05. The van der Waals surface area contributed by atoms with Gasteiger partial charge in [-0.15, -0.1) is 0 Å². The van der Waals surface area contributed by atoms with Crippen molar-refractivity contribution in [3.05, 3.63) is 35.4 Å². The van der Waals surface area contributed by atoms with Crippen LogP contribution >= 0.6 is 0 Å². The molecule has 0 aliphatic heterocycles. The lowest BCUT2D eigenvalue weighted by molar-refractivity contribution is -0.142. The average Bonchev–Trinajstić information content (AvgIpc) is 3.13. The Hall–Kier alpha value is -1.84. The molecule has 1 aromatic rings. The van der Waals surface area contributed by atoms with E-state index in [-0.39, 0.29) is 11.8 Å². The number of carboxylic acids is 1. The minimum absolute atomic E-state index is 0.147. The molecule has 3 rings (SSSR count). The number of benzene rings is 1. The summed E-state index contributed by atoms with van der Waals surface area (Å²) < 4.78 is 0. The van der Waals surface area contributed by atoms with E-state index >= 15 is 0 Å². The van der Waals surface area contributed by atoms with Gasteiger partial charge in [0.1, 0.15) is 6.04 Å². The molecular formula is C15H17NO3. The van der Waals surface area contributed by atoms with Crippen LogP contribution in [0.5, 0.6) is 0 Å². The molecule has 4 heteroatoms. The number of carboxylic acid groups (broad SMARTS) is 1. The second-order valence-electron chi connectivity index (χ2n) is 5.53. The molecule has 1 aromatic carbocycles. The van der Waals surface area contributed by atoms with Gasteiger partial charge in [0.2, 0.25) is 5.91 Å². The third kappa shape index (κ3) is 2.48. The summed E-state index contributed by atoms with van der Waals surface area (Å²) in [5.41, 5.74) is 2.23. The maximum Gasteiger partial charge on any atom is 0.326 e. The van der Waals surface area contributed by atoms with E-state index in [1.165, 1.54) is 5.56 Å². The van der Waals surface area contributed by atoms with Crippen molar-refractivity contribution in [3.63, 3.8) is 0 Å². The predicted molar refractivity (Wildman–Crippen MR) is 69.8 cm³/mol. The van der Waals surface area contributed by atoms with Gasteiger partial charge in [-0.3, -0.25) is 4.79 Å². The number of hydrogen-bond donors (Lipinski definition) is 2. The van der Waals surface area contributed by atoms with Gasteiger partial charge >= 0.3 is 5.97 Å². The summed E-state index contributed by atoms with van der Waals surface area (Å²) in [6, 6.07) is 7.10. The summed E-state index contributed by atoms with van der Waals surface area (Å²) in [5, 5.41) is 11.8. The smallest absolute Gasteiger partial charge is 0.326 e. The van der Waals surface area contributed by atoms with Crippen molar-refractivity contribution in [1.82, 2.24) is 5.32 Å². The lowest BCUT2D eigenvalue weighted by atomic mass is 9.77. The Labute approximate surface area is 111 Å². The van der Waals surface area contributed by atoms with Gasteiger partial charge in [0, 0.05) is 0 Å². The fraction of sp³-hybridized carbons (Fsp3) is 0.467. The highest BCUT2D eigenvalue weighted by atomic mass is 16.4. The van der Waals surface area contributed by atoms with Crippen LogP contribution in [0.15, 0.2) is 24.3 Å². The van der Waals surface area contributed by atoms with Crippen LogP contribution in [0.2, 0.25) is 0 Å². The summed E-state index contributed by atoms with van der Waals surface area (Å²) in [6.45, 7) is 0. The van der Waals surface area contributed by atoms with E-state index in [0.717, 1.165) is 24.8 Å². The van der Waals surface area contributed by atoms with E-state index < -0.39 is 12.0 Å². The average molecular weight is 259 g/mol. The van der Waals surface area contributed by atoms with Crippen LogP contribution in [-0.2, 0) is 16.0 Å². The monoisotopic (exact) mass is 259 g/mol. The Morgan fingerprint density at radius 3 is 2.68 bits per heavy atom. The maximum absolute atomic E-state index is 12.1. The SMILES string of the molecule is O=C(O)C(CC1CC1)NC(=O)C1Cc2ccccc21. The van der Waals surface area contributed by atoms with Crippen LogP contribution in [0.4, 0.5) is 0 Å². The molecule has 100 valence electrons. The topological polar surface area (TPSA) is 66.4 Å². The van der Waals surface area contributed by atoms with Gasteiger partial charge in [0.15, 0.2) is 0 Å². The van der Waals surface area contributed by atoms with Gasteiger partial charge < -0.3 is 10.4 Å².